The predicted molar refractivity (Wildman–Crippen MR) is 89.6 cm³/mol. The summed E-state index contributed by atoms with van der Waals surface area (Å²) in [5.74, 6) is 0. The number of fused-ring (bicyclic) bond motifs is 1. The first kappa shape index (κ1) is 13.3. The number of pyridine rings is 1. The summed E-state index contributed by atoms with van der Waals surface area (Å²) in [4.78, 5) is 0. The first-order valence-electron chi connectivity index (χ1n) is 7.12. The molecule has 0 aliphatic rings. The Bertz CT molecular complexity index is 798. The average molecular weight is 272 g/mol. The van der Waals surface area contributed by atoms with Crippen LogP contribution in [0.15, 0.2) is 78.9 Å². The van der Waals surface area contributed by atoms with Crippen LogP contribution >= 0.6 is 0 Å². The molecule has 0 unspecified atom stereocenters. The van der Waals surface area contributed by atoms with Crippen molar-refractivity contribution in [1.29, 1.82) is 0 Å². The summed E-state index contributed by atoms with van der Waals surface area (Å²) in [7, 11) is 2.10. The molecule has 1 nitrogen and oxygen atoms in total. The quantitative estimate of drug-likeness (QED) is 0.492. The van der Waals surface area contributed by atoms with Crippen LogP contribution in [0.5, 0.6) is 0 Å². The number of aromatic nitrogens is 1. The molecule has 0 bridgehead atoms. The molecule has 0 radical (unpaired) electrons. The molecule has 1 heterocycles. The number of nitrogens with zero attached hydrogens (tertiary/aromatic N) is 1. The SMILES string of the molecule is C[n+]1c(/C=C\C=C\c2ccccc2)ccc2ccccc21. The molecule has 0 aliphatic heterocycles. The highest BCUT2D eigenvalue weighted by molar-refractivity contribution is 5.76. The van der Waals surface area contributed by atoms with Crippen LogP contribution in [0, 0.1) is 0 Å². The van der Waals surface area contributed by atoms with Crippen LogP contribution in [0.2, 0.25) is 0 Å². The third-order valence-corrected chi connectivity index (χ3v) is 3.59. The molecule has 0 amide bonds. The number of benzene rings is 2. The van der Waals surface area contributed by atoms with Gasteiger partial charge in [-0.25, -0.2) is 0 Å². The lowest BCUT2D eigenvalue weighted by molar-refractivity contribution is -0.646. The van der Waals surface area contributed by atoms with Gasteiger partial charge in [-0.1, -0.05) is 60.7 Å². The topological polar surface area (TPSA) is 3.88 Å². The molecule has 0 saturated heterocycles. The van der Waals surface area contributed by atoms with Gasteiger partial charge in [0.05, 0.1) is 0 Å². The van der Waals surface area contributed by atoms with Crippen LogP contribution in [-0.4, -0.2) is 0 Å². The smallest absolute Gasteiger partial charge is 0.195 e. The Kier molecular flexibility index (Phi) is 3.92. The van der Waals surface area contributed by atoms with E-state index in [0.29, 0.717) is 0 Å². The van der Waals surface area contributed by atoms with Crippen molar-refractivity contribution in [2.45, 2.75) is 0 Å². The van der Waals surface area contributed by atoms with Crippen molar-refractivity contribution < 1.29 is 4.57 Å². The molecule has 102 valence electrons. The molecule has 1 aromatic heterocycles. The van der Waals surface area contributed by atoms with Gasteiger partial charge in [0.25, 0.3) is 0 Å². The normalized spacial score (nSPS) is 11.7. The maximum Gasteiger partial charge on any atom is 0.212 e. The van der Waals surface area contributed by atoms with E-state index in [0.717, 1.165) is 0 Å². The highest BCUT2D eigenvalue weighted by Crippen LogP contribution is 2.10. The molecular weight excluding hydrogens is 254 g/mol. The standard InChI is InChI=1S/C20H18N/c1-21-19(16-15-18-12-6-8-14-20(18)21)13-7-5-11-17-9-3-2-4-10-17/h2-16H,1H3/q+1/b11-5+,13-7-. The van der Waals surface area contributed by atoms with Crippen LogP contribution < -0.4 is 4.57 Å². The second-order valence-corrected chi connectivity index (χ2v) is 5.00. The summed E-state index contributed by atoms with van der Waals surface area (Å²) in [6.07, 6.45) is 8.39. The van der Waals surface area contributed by atoms with E-state index in [4.69, 9.17) is 0 Å². The number of rotatable bonds is 3. The van der Waals surface area contributed by atoms with Gasteiger partial charge in [-0.05, 0) is 17.7 Å². The third-order valence-electron chi connectivity index (χ3n) is 3.59. The van der Waals surface area contributed by atoms with E-state index in [1.165, 1.54) is 22.2 Å². The van der Waals surface area contributed by atoms with Crippen LogP contribution in [0.1, 0.15) is 11.3 Å². The summed E-state index contributed by atoms with van der Waals surface area (Å²) in [5, 5.41) is 1.26. The first-order valence-corrected chi connectivity index (χ1v) is 7.12. The third kappa shape index (κ3) is 3.09. The number of hydrogen-bond acceptors (Lipinski definition) is 0. The molecular formula is C20H18N+. The van der Waals surface area contributed by atoms with E-state index in [1.807, 2.05) is 18.2 Å². The van der Waals surface area contributed by atoms with Crippen LogP contribution in [0.3, 0.4) is 0 Å². The van der Waals surface area contributed by atoms with E-state index >= 15 is 0 Å². The zero-order chi connectivity index (χ0) is 14.5. The maximum absolute atomic E-state index is 2.21. The first-order chi connectivity index (χ1) is 10.3. The second kappa shape index (κ2) is 6.19. The minimum absolute atomic E-state index is 1.19. The molecule has 0 fully saturated rings. The molecule has 3 rings (SSSR count). The number of para-hydroxylation sites is 1. The fourth-order valence-corrected chi connectivity index (χ4v) is 2.41. The highest BCUT2D eigenvalue weighted by Gasteiger charge is 2.07. The zero-order valence-electron chi connectivity index (χ0n) is 12.1. The molecule has 0 N–H and O–H groups in total. The van der Waals surface area contributed by atoms with Crippen LogP contribution in [-0.2, 0) is 7.05 Å². The molecule has 1 heteroatoms. The van der Waals surface area contributed by atoms with Crippen LogP contribution in [0.25, 0.3) is 23.1 Å². The van der Waals surface area contributed by atoms with Gasteiger partial charge in [0.1, 0.15) is 7.05 Å². The Hall–Kier alpha value is -2.67. The van der Waals surface area contributed by atoms with Crippen molar-refractivity contribution >= 4 is 23.1 Å². The Morgan fingerprint density at radius 3 is 2.29 bits per heavy atom. The van der Waals surface area contributed by atoms with Crippen molar-refractivity contribution in [3.8, 4) is 0 Å². The van der Waals surface area contributed by atoms with Crippen molar-refractivity contribution in [2.75, 3.05) is 0 Å². The van der Waals surface area contributed by atoms with E-state index in [2.05, 4.69) is 84.4 Å². The summed E-state index contributed by atoms with van der Waals surface area (Å²) in [6.45, 7) is 0. The summed E-state index contributed by atoms with van der Waals surface area (Å²) < 4.78 is 2.21. The molecule has 0 saturated carbocycles. The van der Waals surface area contributed by atoms with Crippen molar-refractivity contribution in [2.24, 2.45) is 7.05 Å². The minimum Gasteiger partial charge on any atom is -0.195 e. The summed E-state index contributed by atoms with van der Waals surface area (Å²) in [5.41, 5.74) is 3.64. The molecule has 0 spiro atoms. The molecule has 0 atom stereocenters. The lowest BCUT2D eigenvalue weighted by Crippen LogP contribution is -2.32. The van der Waals surface area contributed by atoms with E-state index in [-0.39, 0.29) is 0 Å². The Morgan fingerprint density at radius 2 is 1.43 bits per heavy atom. The summed E-state index contributed by atoms with van der Waals surface area (Å²) in [6, 6.07) is 23.1. The molecule has 3 aromatic rings. The Balaban J connectivity index is 1.83. The minimum atomic E-state index is 1.19. The molecule has 0 aliphatic carbocycles. The van der Waals surface area contributed by atoms with Crippen molar-refractivity contribution in [1.82, 2.24) is 0 Å². The lowest BCUT2D eigenvalue weighted by Gasteiger charge is -1.99. The van der Waals surface area contributed by atoms with E-state index in [1.54, 1.807) is 0 Å². The van der Waals surface area contributed by atoms with E-state index in [9.17, 15) is 0 Å². The number of aryl methyl sites for hydroxylation is 1. The van der Waals surface area contributed by atoms with Gasteiger partial charge >= 0.3 is 0 Å². The van der Waals surface area contributed by atoms with Gasteiger partial charge in [0, 0.05) is 23.6 Å². The summed E-state index contributed by atoms with van der Waals surface area (Å²) >= 11 is 0. The zero-order valence-corrected chi connectivity index (χ0v) is 12.1. The van der Waals surface area contributed by atoms with Gasteiger partial charge in [0.15, 0.2) is 0 Å². The van der Waals surface area contributed by atoms with Crippen molar-refractivity contribution in [3.63, 3.8) is 0 Å². The monoisotopic (exact) mass is 272 g/mol. The Labute approximate surface area is 125 Å². The fraction of sp³-hybridized carbons (Fsp3) is 0.0500. The second-order valence-electron chi connectivity index (χ2n) is 5.00. The van der Waals surface area contributed by atoms with Gasteiger partial charge in [-0.15, -0.1) is 0 Å². The van der Waals surface area contributed by atoms with Gasteiger partial charge in [0.2, 0.25) is 11.2 Å². The van der Waals surface area contributed by atoms with Gasteiger partial charge < -0.3 is 0 Å². The lowest BCUT2D eigenvalue weighted by atomic mass is 10.2. The van der Waals surface area contributed by atoms with E-state index < -0.39 is 0 Å². The largest absolute Gasteiger partial charge is 0.212 e. The number of hydrogen-bond donors (Lipinski definition) is 0. The average Bonchev–Trinajstić information content (AvgIpc) is 2.55. The highest BCUT2D eigenvalue weighted by atomic mass is 14.9. The number of allylic oxidation sites excluding steroid dienone is 2. The molecule has 2 aromatic carbocycles. The van der Waals surface area contributed by atoms with Gasteiger partial charge in [-0.2, -0.15) is 4.57 Å². The predicted octanol–water partition coefficient (Wildman–Crippen LogP) is 4.39. The Morgan fingerprint density at radius 1 is 0.714 bits per heavy atom. The molecule has 21 heavy (non-hydrogen) atoms. The van der Waals surface area contributed by atoms with Crippen molar-refractivity contribution in [3.05, 3.63) is 90.1 Å². The van der Waals surface area contributed by atoms with Gasteiger partial charge in [-0.3, -0.25) is 0 Å². The fourth-order valence-electron chi connectivity index (χ4n) is 2.41. The van der Waals surface area contributed by atoms with Crippen LogP contribution in [0.4, 0.5) is 0 Å². The maximum atomic E-state index is 2.21.